The number of halogens is 1. The van der Waals surface area contributed by atoms with Crippen molar-refractivity contribution in [2.45, 2.75) is 31.7 Å². The number of hydrogen-bond acceptors (Lipinski definition) is 4. The molecule has 1 amide bonds. The summed E-state index contributed by atoms with van der Waals surface area (Å²) in [5, 5.41) is 2.78. The average Bonchev–Trinajstić information content (AvgIpc) is 2.63. The molecule has 1 aliphatic heterocycles. The predicted octanol–water partition coefficient (Wildman–Crippen LogP) is 3.51. The normalized spacial score (nSPS) is 18.1. The molecule has 28 heavy (non-hydrogen) atoms. The third-order valence-corrected chi connectivity index (χ3v) is 7.02. The third-order valence-electron chi connectivity index (χ3n) is 4.84. The van der Waals surface area contributed by atoms with Crippen LogP contribution in [-0.2, 0) is 14.8 Å². The van der Waals surface area contributed by atoms with Gasteiger partial charge in [0, 0.05) is 38.3 Å². The van der Waals surface area contributed by atoms with Crippen molar-refractivity contribution in [2.24, 2.45) is 0 Å². The highest BCUT2D eigenvalue weighted by atomic mass is 35.5. The Morgan fingerprint density at radius 3 is 2.39 bits per heavy atom. The topological polar surface area (TPSA) is 69.7 Å². The first-order valence-corrected chi connectivity index (χ1v) is 10.9. The first-order chi connectivity index (χ1) is 13.2. The number of piperazine rings is 1. The van der Waals surface area contributed by atoms with Gasteiger partial charge in [0.1, 0.15) is 0 Å². The van der Waals surface area contributed by atoms with E-state index < -0.39 is 10.0 Å². The van der Waals surface area contributed by atoms with E-state index in [4.69, 9.17) is 11.6 Å². The van der Waals surface area contributed by atoms with Gasteiger partial charge in [-0.15, -0.1) is 0 Å². The first-order valence-electron chi connectivity index (χ1n) is 9.09. The molecule has 1 saturated heterocycles. The van der Waals surface area contributed by atoms with Gasteiger partial charge in [-0.05, 0) is 44.2 Å². The van der Waals surface area contributed by atoms with Crippen molar-refractivity contribution in [1.82, 2.24) is 4.31 Å². The fraction of sp³-hybridized carbons (Fsp3) is 0.350. The molecular formula is C20H24ClN3O3S. The number of nitrogens with one attached hydrogen (secondary N) is 1. The van der Waals surface area contributed by atoms with E-state index in [1.807, 2.05) is 13.8 Å². The molecule has 0 bridgehead atoms. The molecule has 8 heteroatoms. The fourth-order valence-corrected chi connectivity index (χ4v) is 5.19. The van der Waals surface area contributed by atoms with Gasteiger partial charge < -0.3 is 10.2 Å². The summed E-state index contributed by atoms with van der Waals surface area (Å²) in [6, 6.07) is 12.7. The Kier molecular flexibility index (Phi) is 5.98. The molecule has 1 N–H and O–H groups in total. The van der Waals surface area contributed by atoms with Crippen LogP contribution in [0.15, 0.2) is 47.4 Å². The van der Waals surface area contributed by atoms with Crippen LogP contribution >= 0.6 is 11.6 Å². The lowest BCUT2D eigenvalue weighted by molar-refractivity contribution is -0.114. The lowest BCUT2D eigenvalue weighted by Gasteiger charge is -2.40. The van der Waals surface area contributed by atoms with Crippen molar-refractivity contribution < 1.29 is 13.2 Å². The predicted molar refractivity (Wildman–Crippen MR) is 113 cm³/mol. The zero-order valence-electron chi connectivity index (χ0n) is 16.1. The van der Waals surface area contributed by atoms with Crippen LogP contribution in [0, 0.1) is 6.92 Å². The maximum absolute atomic E-state index is 13.1. The summed E-state index contributed by atoms with van der Waals surface area (Å²) >= 11 is 6.16. The molecule has 1 fully saturated rings. The Morgan fingerprint density at radius 2 is 1.82 bits per heavy atom. The van der Waals surface area contributed by atoms with E-state index in [-0.39, 0.29) is 21.9 Å². The Labute approximate surface area is 171 Å². The van der Waals surface area contributed by atoms with Crippen LogP contribution in [-0.4, -0.2) is 44.3 Å². The Morgan fingerprint density at radius 1 is 1.14 bits per heavy atom. The second-order valence-corrected chi connectivity index (χ2v) is 9.41. The Balaban J connectivity index is 1.77. The van der Waals surface area contributed by atoms with Gasteiger partial charge in [-0.25, -0.2) is 8.42 Å². The SMILES string of the molecule is CC(=O)Nc1ccc(S(=O)(=O)N2CCN(c3ccc(C)cc3)C(C)C2)cc1Cl. The summed E-state index contributed by atoms with van der Waals surface area (Å²) < 4.78 is 27.6. The van der Waals surface area contributed by atoms with E-state index in [1.54, 1.807) is 0 Å². The van der Waals surface area contributed by atoms with Crippen molar-refractivity contribution in [1.29, 1.82) is 0 Å². The standard InChI is InChI=1S/C20H24ClN3O3S/c1-14-4-6-17(7-5-14)24-11-10-23(13-15(24)2)28(26,27)18-8-9-20(19(21)12-18)22-16(3)25/h4-9,12,15H,10-11,13H2,1-3H3,(H,22,25). The van der Waals surface area contributed by atoms with Gasteiger partial charge in [-0.2, -0.15) is 4.31 Å². The lowest BCUT2D eigenvalue weighted by atomic mass is 10.1. The number of carbonyl (C=O) groups excluding carboxylic acids is 1. The maximum atomic E-state index is 13.1. The van der Waals surface area contributed by atoms with Crippen LogP contribution in [0.25, 0.3) is 0 Å². The molecule has 0 spiro atoms. The minimum Gasteiger partial charge on any atom is -0.366 e. The van der Waals surface area contributed by atoms with E-state index in [9.17, 15) is 13.2 Å². The van der Waals surface area contributed by atoms with Crippen molar-refractivity contribution in [3.63, 3.8) is 0 Å². The second-order valence-electron chi connectivity index (χ2n) is 7.06. The molecule has 1 unspecified atom stereocenters. The maximum Gasteiger partial charge on any atom is 0.243 e. The quantitative estimate of drug-likeness (QED) is 0.820. The van der Waals surface area contributed by atoms with Crippen LogP contribution in [0.2, 0.25) is 5.02 Å². The number of hydrogen-bond donors (Lipinski definition) is 1. The van der Waals surface area contributed by atoms with Gasteiger partial charge in [0.25, 0.3) is 0 Å². The molecular weight excluding hydrogens is 398 g/mol. The van der Waals surface area contributed by atoms with Crippen LogP contribution < -0.4 is 10.2 Å². The van der Waals surface area contributed by atoms with Crippen molar-refractivity contribution >= 4 is 38.9 Å². The number of sulfonamides is 1. The van der Waals surface area contributed by atoms with Gasteiger partial charge in [0.2, 0.25) is 15.9 Å². The van der Waals surface area contributed by atoms with Crippen LogP contribution in [0.1, 0.15) is 19.4 Å². The van der Waals surface area contributed by atoms with Gasteiger partial charge >= 0.3 is 0 Å². The minimum atomic E-state index is -3.67. The van der Waals surface area contributed by atoms with Crippen LogP contribution in [0.5, 0.6) is 0 Å². The van der Waals surface area contributed by atoms with Crippen LogP contribution in [0.3, 0.4) is 0 Å². The van der Waals surface area contributed by atoms with Gasteiger partial charge in [0.15, 0.2) is 0 Å². The molecule has 2 aromatic rings. The Hall–Kier alpha value is -2.09. The summed E-state index contributed by atoms with van der Waals surface area (Å²) in [7, 11) is -3.67. The zero-order chi connectivity index (χ0) is 20.5. The van der Waals surface area contributed by atoms with E-state index >= 15 is 0 Å². The molecule has 0 radical (unpaired) electrons. The fourth-order valence-electron chi connectivity index (χ4n) is 3.36. The summed E-state index contributed by atoms with van der Waals surface area (Å²) in [6.07, 6.45) is 0. The van der Waals surface area contributed by atoms with E-state index in [0.717, 1.165) is 5.69 Å². The monoisotopic (exact) mass is 421 g/mol. The molecule has 1 atom stereocenters. The minimum absolute atomic E-state index is 0.0420. The molecule has 0 saturated carbocycles. The lowest BCUT2D eigenvalue weighted by Crippen LogP contribution is -2.53. The molecule has 0 aromatic heterocycles. The number of benzene rings is 2. The number of nitrogens with zero attached hydrogens (tertiary/aromatic N) is 2. The largest absolute Gasteiger partial charge is 0.366 e. The highest BCUT2D eigenvalue weighted by Gasteiger charge is 2.32. The molecule has 0 aliphatic carbocycles. The molecule has 1 aliphatic rings. The number of carbonyl (C=O) groups is 1. The summed E-state index contributed by atoms with van der Waals surface area (Å²) in [4.78, 5) is 13.5. The summed E-state index contributed by atoms with van der Waals surface area (Å²) in [5.74, 6) is -0.265. The molecule has 2 aromatic carbocycles. The molecule has 6 nitrogen and oxygen atoms in total. The highest BCUT2D eigenvalue weighted by molar-refractivity contribution is 7.89. The van der Waals surface area contributed by atoms with Gasteiger partial charge in [-0.3, -0.25) is 4.79 Å². The smallest absolute Gasteiger partial charge is 0.243 e. The number of anilines is 2. The highest BCUT2D eigenvalue weighted by Crippen LogP contribution is 2.29. The van der Waals surface area contributed by atoms with Crippen molar-refractivity contribution in [2.75, 3.05) is 29.9 Å². The van der Waals surface area contributed by atoms with E-state index in [0.29, 0.717) is 25.3 Å². The van der Waals surface area contributed by atoms with E-state index in [1.165, 1.54) is 35.0 Å². The third kappa shape index (κ3) is 4.32. The van der Waals surface area contributed by atoms with Crippen molar-refractivity contribution in [3.05, 3.63) is 53.1 Å². The molecule has 1 heterocycles. The van der Waals surface area contributed by atoms with Crippen LogP contribution in [0.4, 0.5) is 11.4 Å². The molecule has 3 rings (SSSR count). The number of aryl methyl sites for hydroxylation is 1. The van der Waals surface area contributed by atoms with E-state index in [2.05, 4.69) is 34.5 Å². The average molecular weight is 422 g/mol. The number of rotatable bonds is 4. The Bertz CT molecular complexity index is 977. The number of amides is 1. The van der Waals surface area contributed by atoms with Gasteiger partial charge in [0.05, 0.1) is 15.6 Å². The summed E-state index contributed by atoms with van der Waals surface area (Å²) in [5.41, 5.74) is 2.68. The first kappa shape index (κ1) is 20.6. The van der Waals surface area contributed by atoms with Gasteiger partial charge in [-0.1, -0.05) is 29.3 Å². The second kappa shape index (κ2) is 8.11. The van der Waals surface area contributed by atoms with Crippen molar-refractivity contribution in [3.8, 4) is 0 Å². The summed E-state index contributed by atoms with van der Waals surface area (Å²) in [6.45, 7) is 6.83. The molecule has 150 valence electrons. The zero-order valence-corrected chi connectivity index (χ0v) is 17.7.